The third kappa shape index (κ3) is 3.84. The number of nitrogens with one attached hydrogen (secondary N) is 2. The molecule has 1 aromatic heterocycles. The molecule has 2 N–H and O–H groups in total. The summed E-state index contributed by atoms with van der Waals surface area (Å²) in [6.07, 6.45) is 8.08. The summed E-state index contributed by atoms with van der Waals surface area (Å²) >= 11 is 0. The molecule has 2 unspecified atom stereocenters. The molecular weight excluding hydrogens is 248 g/mol. The Labute approximate surface area is 122 Å². The van der Waals surface area contributed by atoms with Crippen molar-refractivity contribution < 1.29 is 0 Å². The highest BCUT2D eigenvalue weighted by Gasteiger charge is 2.19. The van der Waals surface area contributed by atoms with Gasteiger partial charge in [0.1, 0.15) is 18.0 Å². The van der Waals surface area contributed by atoms with Crippen molar-refractivity contribution in [2.45, 2.75) is 52.9 Å². The lowest BCUT2D eigenvalue weighted by Crippen LogP contribution is -2.22. The molecule has 0 amide bonds. The second kappa shape index (κ2) is 7.46. The quantitative estimate of drug-likeness (QED) is 0.831. The van der Waals surface area contributed by atoms with Gasteiger partial charge in [-0.15, -0.1) is 0 Å². The molecule has 0 spiro atoms. The van der Waals surface area contributed by atoms with Crippen molar-refractivity contribution >= 4 is 11.6 Å². The van der Waals surface area contributed by atoms with E-state index in [0.29, 0.717) is 0 Å². The molecule has 0 bridgehead atoms. The molecule has 1 aliphatic carbocycles. The van der Waals surface area contributed by atoms with Crippen LogP contribution in [-0.2, 0) is 6.42 Å². The molecule has 0 saturated heterocycles. The summed E-state index contributed by atoms with van der Waals surface area (Å²) < 4.78 is 0. The maximum atomic E-state index is 4.43. The minimum absolute atomic E-state index is 0.793. The van der Waals surface area contributed by atoms with Crippen LogP contribution in [0.1, 0.15) is 52.0 Å². The van der Waals surface area contributed by atoms with E-state index >= 15 is 0 Å². The van der Waals surface area contributed by atoms with E-state index in [0.717, 1.165) is 43.0 Å². The lowest BCUT2D eigenvalue weighted by atomic mass is 9.82. The molecule has 1 aliphatic rings. The van der Waals surface area contributed by atoms with Crippen LogP contribution in [0.5, 0.6) is 0 Å². The van der Waals surface area contributed by atoms with Crippen molar-refractivity contribution in [1.29, 1.82) is 0 Å². The molecule has 1 fully saturated rings. The summed E-state index contributed by atoms with van der Waals surface area (Å²) in [4.78, 5) is 8.78. The van der Waals surface area contributed by atoms with Gasteiger partial charge in [0.25, 0.3) is 0 Å². The predicted octanol–water partition coefficient (Wildman–Crippen LogP) is 3.71. The maximum absolute atomic E-state index is 4.43. The lowest BCUT2D eigenvalue weighted by molar-refractivity contribution is 0.293. The summed E-state index contributed by atoms with van der Waals surface area (Å²) in [5, 5.41) is 6.88. The first-order chi connectivity index (χ1) is 9.74. The number of hydrogen-bond acceptors (Lipinski definition) is 4. The second-order valence-corrected chi connectivity index (χ2v) is 5.95. The topological polar surface area (TPSA) is 49.8 Å². The smallest absolute Gasteiger partial charge is 0.134 e. The van der Waals surface area contributed by atoms with E-state index in [1.54, 1.807) is 6.33 Å². The number of anilines is 2. The Morgan fingerprint density at radius 2 is 1.90 bits per heavy atom. The fraction of sp³-hybridized carbons (Fsp3) is 0.750. The zero-order chi connectivity index (χ0) is 14.4. The van der Waals surface area contributed by atoms with Crippen LogP contribution in [0.2, 0.25) is 0 Å². The van der Waals surface area contributed by atoms with E-state index in [9.17, 15) is 0 Å². The van der Waals surface area contributed by atoms with Gasteiger partial charge in [-0.25, -0.2) is 9.97 Å². The van der Waals surface area contributed by atoms with Crippen LogP contribution >= 0.6 is 0 Å². The highest BCUT2D eigenvalue weighted by atomic mass is 15.1. The van der Waals surface area contributed by atoms with Gasteiger partial charge in [-0.2, -0.15) is 0 Å². The summed E-state index contributed by atoms with van der Waals surface area (Å²) in [6.45, 7) is 8.56. The first-order valence-corrected chi connectivity index (χ1v) is 8.06. The normalized spacial score (nSPS) is 22.6. The van der Waals surface area contributed by atoms with Crippen molar-refractivity contribution in [3.05, 3.63) is 11.9 Å². The molecule has 2 atom stereocenters. The fourth-order valence-electron chi connectivity index (χ4n) is 3.21. The Hall–Kier alpha value is -1.32. The van der Waals surface area contributed by atoms with Crippen molar-refractivity contribution in [2.75, 3.05) is 23.7 Å². The van der Waals surface area contributed by atoms with E-state index in [-0.39, 0.29) is 0 Å². The SMILES string of the molecule is CCNc1ncnc(NCC2CCCC(C)C2)c1CC. The van der Waals surface area contributed by atoms with Gasteiger partial charge in [-0.05, 0) is 38.0 Å². The molecule has 20 heavy (non-hydrogen) atoms. The third-order valence-corrected chi connectivity index (χ3v) is 4.25. The zero-order valence-electron chi connectivity index (χ0n) is 13.1. The molecular formula is C16H28N4. The van der Waals surface area contributed by atoms with Crippen LogP contribution in [0.15, 0.2) is 6.33 Å². The van der Waals surface area contributed by atoms with Gasteiger partial charge in [0.15, 0.2) is 0 Å². The van der Waals surface area contributed by atoms with Crippen LogP contribution in [-0.4, -0.2) is 23.1 Å². The van der Waals surface area contributed by atoms with Crippen LogP contribution in [0, 0.1) is 11.8 Å². The Morgan fingerprint density at radius 1 is 1.15 bits per heavy atom. The lowest BCUT2D eigenvalue weighted by Gasteiger charge is -2.27. The molecule has 1 aromatic rings. The molecule has 2 rings (SSSR count). The monoisotopic (exact) mass is 276 g/mol. The van der Waals surface area contributed by atoms with Crippen molar-refractivity contribution in [3.63, 3.8) is 0 Å². The summed E-state index contributed by atoms with van der Waals surface area (Å²) in [5.41, 5.74) is 1.21. The van der Waals surface area contributed by atoms with E-state index in [1.165, 1.54) is 31.2 Å². The van der Waals surface area contributed by atoms with Crippen LogP contribution in [0.4, 0.5) is 11.6 Å². The molecule has 1 heterocycles. The average Bonchev–Trinajstić information content (AvgIpc) is 2.45. The van der Waals surface area contributed by atoms with E-state index < -0.39 is 0 Å². The number of aromatic nitrogens is 2. The number of nitrogens with zero attached hydrogens (tertiary/aromatic N) is 2. The molecule has 0 radical (unpaired) electrons. The van der Waals surface area contributed by atoms with Gasteiger partial charge >= 0.3 is 0 Å². The molecule has 112 valence electrons. The Bertz CT molecular complexity index is 419. The molecule has 0 aliphatic heterocycles. The summed E-state index contributed by atoms with van der Waals surface area (Å²) in [6, 6.07) is 0. The maximum Gasteiger partial charge on any atom is 0.134 e. The largest absolute Gasteiger partial charge is 0.370 e. The van der Waals surface area contributed by atoms with Crippen molar-refractivity contribution in [2.24, 2.45) is 11.8 Å². The number of hydrogen-bond donors (Lipinski definition) is 2. The minimum Gasteiger partial charge on any atom is -0.370 e. The van der Waals surface area contributed by atoms with Gasteiger partial charge in [0.2, 0.25) is 0 Å². The van der Waals surface area contributed by atoms with Gasteiger partial charge < -0.3 is 10.6 Å². The highest BCUT2D eigenvalue weighted by molar-refractivity contribution is 5.57. The van der Waals surface area contributed by atoms with Gasteiger partial charge in [-0.3, -0.25) is 0 Å². The first kappa shape index (κ1) is 15.1. The van der Waals surface area contributed by atoms with Crippen LogP contribution in [0.3, 0.4) is 0 Å². The molecule has 4 heteroatoms. The Kier molecular flexibility index (Phi) is 5.62. The summed E-state index contributed by atoms with van der Waals surface area (Å²) in [7, 11) is 0. The first-order valence-electron chi connectivity index (χ1n) is 8.06. The molecule has 0 aromatic carbocycles. The summed E-state index contributed by atoms with van der Waals surface area (Å²) in [5.74, 6) is 3.66. The Morgan fingerprint density at radius 3 is 2.55 bits per heavy atom. The van der Waals surface area contributed by atoms with E-state index in [4.69, 9.17) is 0 Å². The third-order valence-electron chi connectivity index (χ3n) is 4.25. The Balaban J connectivity index is 1.99. The predicted molar refractivity (Wildman–Crippen MR) is 85.2 cm³/mol. The minimum atomic E-state index is 0.793. The van der Waals surface area contributed by atoms with Gasteiger partial charge in [0.05, 0.1) is 0 Å². The van der Waals surface area contributed by atoms with Crippen molar-refractivity contribution in [3.8, 4) is 0 Å². The van der Waals surface area contributed by atoms with Crippen molar-refractivity contribution in [1.82, 2.24) is 9.97 Å². The fourth-order valence-corrected chi connectivity index (χ4v) is 3.21. The van der Waals surface area contributed by atoms with Crippen LogP contribution in [0.25, 0.3) is 0 Å². The van der Waals surface area contributed by atoms with Gasteiger partial charge in [0, 0.05) is 18.7 Å². The molecule has 4 nitrogen and oxygen atoms in total. The highest BCUT2D eigenvalue weighted by Crippen LogP contribution is 2.29. The van der Waals surface area contributed by atoms with E-state index in [1.807, 2.05) is 0 Å². The second-order valence-electron chi connectivity index (χ2n) is 5.95. The van der Waals surface area contributed by atoms with Crippen LogP contribution < -0.4 is 10.6 Å². The molecule has 1 saturated carbocycles. The standard InChI is InChI=1S/C16H28N4/c1-4-14-15(17-5-2)19-11-20-16(14)18-10-13-8-6-7-12(3)9-13/h11-13H,4-10H2,1-3H3,(H2,17,18,19,20). The van der Waals surface area contributed by atoms with Gasteiger partial charge in [-0.1, -0.05) is 26.7 Å². The number of rotatable bonds is 6. The average molecular weight is 276 g/mol. The van der Waals surface area contributed by atoms with E-state index in [2.05, 4.69) is 41.4 Å². The zero-order valence-corrected chi connectivity index (χ0v) is 13.1.